The van der Waals surface area contributed by atoms with E-state index in [1.807, 2.05) is 37.7 Å². The predicted molar refractivity (Wildman–Crippen MR) is 105 cm³/mol. The van der Waals surface area contributed by atoms with Crippen molar-refractivity contribution >= 4 is 17.8 Å². The van der Waals surface area contributed by atoms with Crippen molar-refractivity contribution in [3.8, 4) is 0 Å². The number of rotatable bonds is 7. The Morgan fingerprint density at radius 1 is 1.19 bits per heavy atom. The molecule has 0 aromatic carbocycles. The molecule has 0 aromatic rings. The molecule has 1 heterocycles. The van der Waals surface area contributed by atoms with Gasteiger partial charge in [0.15, 0.2) is 5.96 Å². The molecule has 27 heavy (non-hydrogen) atoms. The summed E-state index contributed by atoms with van der Waals surface area (Å²) in [4.78, 5) is 37.7. The maximum Gasteiger partial charge on any atom is 0.244 e. The van der Waals surface area contributed by atoms with Crippen molar-refractivity contribution in [1.82, 2.24) is 20.0 Å². The second-order valence-electron chi connectivity index (χ2n) is 7.05. The number of carbonyl (C=O) groups is 2. The first-order chi connectivity index (χ1) is 12.8. The monoisotopic (exact) mass is 380 g/mol. The largest absolute Gasteiger partial charge is 0.357 e. The van der Waals surface area contributed by atoms with E-state index in [1.54, 1.807) is 7.05 Å². The highest BCUT2D eigenvalue weighted by atomic mass is 16.2. The molecule has 1 rings (SSSR count). The Balaban J connectivity index is 2.73. The normalized spacial score (nSPS) is 16.0. The van der Waals surface area contributed by atoms with Crippen molar-refractivity contribution in [2.24, 2.45) is 16.0 Å². The fraction of sp³-hybridized carbons (Fsp3) is 0.824. The zero-order valence-electron chi connectivity index (χ0n) is 17.1. The van der Waals surface area contributed by atoms with Crippen LogP contribution in [0.3, 0.4) is 0 Å². The molecular formula is C17H32N8O2. The van der Waals surface area contributed by atoms with Crippen LogP contribution in [0, 0.1) is 5.92 Å². The lowest BCUT2D eigenvalue weighted by atomic mass is 10.0. The van der Waals surface area contributed by atoms with Gasteiger partial charge in [0.25, 0.3) is 0 Å². The second kappa shape index (κ2) is 11.3. The molecule has 152 valence electrons. The van der Waals surface area contributed by atoms with Crippen LogP contribution >= 0.6 is 0 Å². The van der Waals surface area contributed by atoms with E-state index in [1.165, 1.54) is 0 Å². The van der Waals surface area contributed by atoms with Gasteiger partial charge in [0, 0.05) is 65.2 Å². The summed E-state index contributed by atoms with van der Waals surface area (Å²) in [5.74, 6) is 0.821. The lowest BCUT2D eigenvalue weighted by Gasteiger charge is -2.38. The molecule has 10 heteroatoms. The van der Waals surface area contributed by atoms with Gasteiger partial charge >= 0.3 is 0 Å². The molecule has 0 unspecified atom stereocenters. The number of azide groups is 1. The Morgan fingerprint density at radius 2 is 1.78 bits per heavy atom. The minimum Gasteiger partial charge on any atom is -0.357 e. The maximum atomic E-state index is 12.2. The Hall–Kier alpha value is -2.48. The summed E-state index contributed by atoms with van der Waals surface area (Å²) in [6.07, 6.45) is 0.954. The predicted octanol–water partition coefficient (Wildman–Crippen LogP) is 0.909. The molecule has 2 amide bonds. The van der Waals surface area contributed by atoms with Gasteiger partial charge < -0.3 is 20.0 Å². The van der Waals surface area contributed by atoms with Gasteiger partial charge in [0.05, 0.1) is 0 Å². The second-order valence-corrected chi connectivity index (χ2v) is 7.05. The number of nitrogens with zero attached hydrogens (tertiary/aromatic N) is 7. The highest BCUT2D eigenvalue weighted by Gasteiger charge is 2.27. The molecule has 0 saturated carbocycles. The number of amides is 2. The van der Waals surface area contributed by atoms with Crippen molar-refractivity contribution < 1.29 is 9.59 Å². The zero-order valence-corrected chi connectivity index (χ0v) is 17.1. The molecule has 0 bridgehead atoms. The van der Waals surface area contributed by atoms with E-state index in [4.69, 9.17) is 10.5 Å². The summed E-state index contributed by atoms with van der Waals surface area (Å²) in [7, 11) is 5.44. The molecule has 1 saturated heterocycles. The summed E-state index contributed by atoms with van der Waals surface area (Å²) in [6.45, 7) is 6.84. The van der Waals surface area contributed by atoms with Crippen molar-refractivity contribution in [3.05, 3.63) is 10.4 Å². The number of guanidine groups is 1. The van der Waals surface area contributed by atoms with Crippen molar-refractivity contribution in [3.63, 3.8) is 0 Å². The third-order valence-corrected chi connectivity index (χ3v) is 4.43. The van der Waals surface area contributed by atoms with Crippen molar-refractivity contribution in [2.75, 3.05) is 53.9 Å². The average molecular weight is 380 g/mol. The molecule has 1 atom stereocenters. The molecule has 10 nitrogen and oxygen atoms in total. The quantitative estimate of drug-likeness (QED) is 0.176. The molecule has 1 fully saturated rings. The molecule has 1 N–H and O–H groups in total. The van der Waals surface area contributed by atoms with Crippen molar-refractivity contribution in [2.45, 2.75) is 32.7 Å². The van der Waals surface area contributed by atoms with Gasteiger partial charge in [-0.15, -0.1) is 0 Å². The molecule has 0 spiro atoms. The fourth-order valence-electron chi connectivity index (χ4n) is 2.92. The molecule has 1 aliphatic rings. The Labute approximate surface area is 161 Å². The number of piperazine rings is 1. The number of nitrogens with one attached hydrogen (secondary N) is 1. The average Bonchev–Trinajstić information content (AvgIpc) is 2.64. The maximum absolute atomic E-state index is 12.2. The number of hydrogen-bond donors (Lipinski definition) is 1. The van der Waals surface area contributed by atoms with E-state index >= 15 is 0 Å². The molecule has 0 radical (unpaired) electrons. The zero-order chi connectivity index (χ0) is 20.4. The summed E-state index contributed by atoms with van der Waals surface area (Å²) >= 11 is 0. The SMILES string of the molecule is CNC(=O)[C@@H](N=C(N(C)C)N1CCN(C(=O)CCCN=[N+]=[N-])CC1)C(C)C. The van der Waals surface area contributed by atoms with Gasteiger partial charge in [-0.25, -0.2) is 4.99 Å². The van der Waals surface area contributed by atoms with Crippen LogP contribution in [0.15, 0.2) is 10.1 Å². The van der Waals surface area contributed by atoms with Gasteiger partial charge in [0.1, 0.15) is 6.04 Å². The molecular weight excluding hydrogens is 348 g/mol. The smallest absolute Gasteiger partial charge is 0.244 e. The number of aliphatic imine (C=N–C) groups is 1. The van der Waals surface area contributed by atoms with Crippen LogP contribution in [-0.4, -0.2) is 92.4 Å². The standard InChI is InChI=1S/C17H32N8O2/c1-13(2)15(16(27)19-3)21-17(23(4)5)25-11-9-24(10-12-25)14(26)7-6-8-20-22-18/h13,15H,6-12H2,1-5H3,(H,19,27)/t15-/m0/s1. The van der Waals surface area contributed by atoms with E-state index in [-0.39, 0.29) is 17.7 Å². The van der Waals surface area contributed by atoms with Gasteiger partial charge in [-0.05, 0) is 17.9 Å². The molecule has 1 aliphatic heterocycles. The van der Waals surface area contributed by atoms with Crippen molar-refractivity contribution in [1.29, 1.82) is 0 Å². The third-order valence-electron chi connectivity index (χ3n) is 4.43. The summed E-state index contributed by atoms with van der Waals surface area (Å²) in [5, 5.41) is 6.13. The van der Waals surface area contributed by atoms with Gasteiger partial charge in [-0.1, -0.05) is 19.0 Å². The molecule has 0 aromatic heterocycles. The summed E-state index contributed by atoms with van der Waals surface area (Å²) in [5.41, 5.74) is 8.27. The first-order valence-corrected chi connectivity index (χ1v) is 9.32. The Morgan fingerprint density at radius 3 is 2.26 bits per heavy atom. The number of carbonyl (C=O) groups excluding carboxylic acids is 2. The van der Waals surface area contributed by atoms with Crippen LogP contribution in [0.4, 0.5) is 0 Å². The summed E-state index contributed by atoms with van der Waals surface area (Å²) < 4.78 is 0. The van der Waals surface area contributed by atoms with E-state index in [9.17, 15) is 9.59 Å². The first-order valence-electron chi connectivity index (χ1n) is 9.32. The third kappa shape index (κ3) is 6.97. The van der Waals surface area contributed by atoms with E-state index in [0.717, 1.165) is 5.96 Å². The number of likely N-dealkylation sites (N-methyl/N-ethyl adjacent to an activating group) is 1. The van der Waals surface area contributed by atoms with E-state index < -0.39 is 6.04 Å². The Kier molecular flexibility index (Phi) is 9.42. The molecule has 0 aliphatic carbocycles. The van der Waals surface area contributed by atoms with Crippen LogP contribution in [0.1, 0.15) is 26.7 Å². The highest BCUT2D eigenvalue weighted by Crippen LogP contribution is 2.12. The van der Waals surface area contributed by atoms with Gasteiger partial charge in [-0.2, -0.15) is 0 Å². The van der Waals surface area contributed by atoms with Crippen LogP contribution < -0.4 is 5.32 Å². The van der Waals surface area contributed by atoms with Gasteiger partial charge in [0.2, 0.25) is 11.8 Å². The van der Waals surface area contributed by atoms with Crippen LogP contribution in [0.2, 0.25) is 0 Å². The van der Waals surface area contributed by atoms with E-state index in [2.05, 4.69) is 20.2 Å². The fourth-order valence-corrected chi connectivity index (χ4v) is 2.92. The lowest BCUT2D eigenvalue weighted by Crippen LogP contribution is -2.54. The first kappa shape index (κ1) is 22.6. The lowest BCUT2D eigenvalue weighted by molar-refractivity contribution is -0.132. The number of hydrogen-bond acceptors (Lipinski definition) is 4. The minimum absolute atomic E-state index is 0.0801. The van der Waals surface area contributed by atoms with Crippen LogP contribution in [-0.2, 0) is 9.59 Å². The van der Waals surface area contributed by atoms with Crippen LogP contribution in [0.5, 0.6) is 0 Å². The van der Waals surface area contributed by atoms with Crippen LogP contribution in [0.25, 0.3) is 10.4 Å². The Bertz CT molecular complexity index is 575. The minimum atomic E-state index is -0.451. The van der Waals surface area contributed by atoms with Gasteiger partial charge in [-0.3, -0.25) is 9.59 Å². The topological polar surface area (TPSA) is 117 Å². The summed E-state index contributed by atoms with van der Waals surface area (Å²) in [6, 6.07) is -0.451. The highest BCUT2D eigenvalue weighted by molar-refractivity contribution is 5.87. The van der Waals surface area contributed by atoms with E-state index in [0.29, 0.717) is 45.6 Å².